The summed E-state index contributed by atoms with van der Waals surface area (Å²) in [6.45, 7) is 1.48. The predicted octanol–water partition coefficient (Wildman–Crippen LogP) is -0.0104. The summed E-state index contributed by atoms with van der Waals surface area (Å²) in [5.74, 6) is 0. The van der Waals surface area contributed by atoms with Gasteiger partial charge in [-0.15, -0.1) is 0 Å². The van der Waals surface area contributed by atoms with Crippen molar-refractivity contribution < 1.29 is 8.42 Å². The summed E-state index contributed by atoms with van der Waals surface area (Å²) in [6.07, 6.45) is 0. The van der Waals surface area contributed by atoms with Gasteiger partial charge in [0, 0.05) is 20.1 Å². The molecule has 0 fully saturated rings. The molecule has 0 bridgehead atoms. The minimum atomic E-state index is -3.67. The summed E-state index contributed by atoms with van der Waals surface area (Å²) in [5.41, 5.74) is 0.625. The SMILES string of the molecule is CNCCN(C)c1ccccc1S(N)(=O)=O. The summed E-state index contributed by atoms with van der Waals surface area (Å²) in [4.78, 5) is 2.02. The minimum Gasteiger partial charge on any atom is -0.372 e. The molecule has 0 atom stereocenters. The third kappa shape index (κ3) is 3.19. The number of hydrogen-bond donors (Lipinski definition) is 2. The molecule has 0 heterocycles. The first-order chi connectivity index (χ1) is 7.46. The molecule has 0 amide bonds. The van der Waals surface area contributed by atoms with Crippen molar-refractivity contribution in [2.75, 3.05) is 32.1 Å². The standard InChI is InChI=1S/C10H17N3O2S/c1-12-7-8-13(2)9-5-3-4-6-10(9)16(11,14)15/h3-6,12H,7-8H2,1-2H3,(H2,11,14,15). The van der Waals surface area contributed by atoms with Crippen LogP contribution >= 0.6 is 0 Å². The zero-order chi connectivity index (χ0) is 12.2. The van der Waals surface area contributed by atoms with Gasteiger partial charge in [0.1, 0.15) is 4.90 Å². The Morgan fingerprint density at radius 3 is 2.56 bits per heavy atom. The van der Waals surface area contributed by atoms with Crippen LogP contribution in [0.15, 0.2) is 29.2 Å². The second-order valence-corrected chi connectivity index (χ2v) is 5.07. The molecule has 0 unspecified atom stereocenters. The third-order valence-electron chi connectivity index (χ3n) is 2.28. The first-order valence-corrected chi connectivity index (χ1v) is 6.49. The number of anilines is 1. The van der Waals surface area contributed by atoms with Gasteiger partial charge in [-0.3, -0.25) is 0 Å². The van der Waals surface area contributed by atoms with Gasteiger partial charge in [-0.25, -0.2) is 13.6 Å². The largest absolute Gasteiger partial charge is 0.372 e. The fraction of sp³-hybridized carbons (Fsp3) is 0.400. The highest BCUT2D eigenvalue weighted by atomic mass is 32.2. The van der Waals surface area contributed by atoms with Crippen molar-refractivity contribution in [1.82, 2.24) is 5.32 Å². The van der Waals surface area contributed by atoms with Crippen LogP contribution in [0.4, 0.5) is 5.69 Å². The molecule has 0 aliphatic heterocycles. The fourth-order valence-corrected chi connectivity index (χ4v) is 2.20. The van der Waals surface area contributed by atoms with Crippen LogP contribution in [-0.4, -0.2) is 35.6 Å². The highest BCUT2D eigenvalue weighted by molar-refractivity contribution is 7.89. The first kappa shape index (κ1) is 13.0. The number of benzene rings is 1. The lowest BCUT2D eigenvalue weighted by Gasteiger charge is -2.21. The lowest BCUT2D eigenvalue weighted by atomic mass is 10.3. The molecule has 1 rings (SSSR count). The topological polar surface area (TPSA) is 75.4 Å². The Bertz CT molecular complexity index is 445. The average molecular weight is 243 g/mol. The molecule has 1 aromatic rings. The minimum absolute atomic E-state index is 0.161. The van der Waals surface area contributed by atoms with Gasteiger partial charge < -0.3 is 10.2 Å². The molecule has 0 saturated heterocycles. The second-order valence-electron chi connectivity index (χ2n) is 3.54. The highest BCUT2D eigenvalue weighted by Gasteiger charge is 2.15. The molecule has 0 radical (unpaired) electrons. The van der Waals surface area contributed by atoms with Crippen molar-refractivity contribution in [3.05, 3.63) is 24.3 Å². The quantitative estimate of drug-likeness (QED) is 0.762. The van der Waals surface area contributed by atoms with Crippen molar-refractivity contribution in [3.63, 3.8) is 0 Å². The van der Waals surface area contributed by atoms with Crippen LogP contribution in [0.5, 0.6) is 0 Å². The monoisotopic (exact) mass is 243 g/mol. The maximum atomic E-state index is 11.4. The lowest BCUT2D eigenvalue weighted by molar-refractivity contribution is 0.597. The van der Waals surface area contributed by atoms with Crippen LogP contribution < -0.4 is 15.4 Å². The van der Waals surface area contributed by atoms with Crippen LogP contribution in [0.2, 0.25) is 0 Å². The van der Waals surface area contributed by atoms with Gasteiger partial charge >= 0.3 is 0 Å². The fourth-order valence-electron chi connectivity index (χ4n) is 1.41. The van der Waals surface area contributed by atoms with Crippen molar-refractivity contribution >= 4 is 15.7 Å². The average Bonchev–Trinajstić information content (AvgIpc) is 2.24. The van der Waals surface area contributed by atoms with Gasteiger partial charge in [-0.1, -0.05) is 12.1 Å². The Kier molecular flexibility index (Phi) is 4.28. The zero-order valence-corrected chi connectivity index (χ0v) is 10.3. The van der Waals surface area contributed by atoms with Gasteiger partial charge in [0.05, 0.1) is 5.69 Å². The van der Waals surface area contributed by atoms with Crippen LogP contribution in [0.25, 0.3) is 0 Å². The molecule has 0 aliphatic carbocycles. The number of likely N-dealkylation sites (N-methyl/N-ethyl adjacent to an activating group) is 2. The summed E-state index contributed by atoms with van der Waals surface area (Å²) in [6, 6.07) is 6.71. The molecule has 90 valence electrons. The zero-order valence-electron chi connectivity index (χ0n) is 9.47. The molecule has 0 aromatic heterocycles. The molecule has 16 heavy (non-hydrogen) atoms. The van der Waals surface area contributed by atoms with E-state index in [4.69, 9.17) is 5.14 Å². The van der Waals surface area contributed by atoms with Gasteiger partial charge in [0.25, 0.3) is 0 Å². The van der Waals surface area contributed by atoms with Crippen molar-refractivity contribution in [1.29, 1.82) is 0 Å². The number of para-hydroxylation sites is 1. The van der Waals surface area contributed by atoms with E-state index in [0.29, 0.717) is 12.2 Å². The smallest absolute Gasteiger partial charge is 0.240 e. The van der Waals surface area contributed by atoms with E-state index in [2.05, 4.69) is 5.32 Å². The molecule has 6 heteroatoms. The summed E-state index contributed by atoms with van der Waals surface area (Å²) >= 11 is 0. The maximum Gasteiger partial charge on any atom is 0.240 e. The number of nitrogens with two attached hydrogens (primary N) is 1. The number of nitrogens with zero attached hydrogens (tertiary/aromatic N) is 1. The molecule has 5 nitrogen and oxygen atoms in total. The normalized spacial score (nSPS) is 11.4. The van der Waals surface area contributed by atoms with E-state index in [1.165, 1.54) is 6.07 Å². The molecular weight excluding hydrogens is 226 g/mol. The molecule has 1 aromatic carbocycles. The van der Waals surface area contributed by atoms with Crippen LogP contribution in [0.3, 0.4) is 0 Å². The summed E-state index contributed by atoms with van der Waals surface area (Å²) < 4.78 is 22.7. The van der Waals surface area contributed by atoms with E-state index in [0.717, 1.165) is 6.54 Å². The van der Waals surface area contributed by atoms with Crippen LogP contribution in [-0.2, 0) is 10.0 Å². The second kappa shape index (κ2) is 5.29. The number of hydrogen-bond acceptors (Lipinski definition) is 4. The van der Waals surface area contributed by atoms with E-state index in [1.807, 2.05) is 19.0 Å². The highest BCUT2D eigenvalue weighted by Crippen LogP contribution is 2.22. The van der Waals surface area contributed by atoms with Gasteiger partial charge in [-0.05, 0) is 19.2 Å². The Labute approximate surface area is 96.3 Å². The van der Waals surface area contributed by atoms with E-state index in [1.54, 1.807) is 18.2 Å². The molecule has 0 aliphatic rings. The number of rotatable bonds is 5. The Morgan fingerprint density at radius 1 is 1.38 bits per heavy atom. The third-order valence-corrected chi connectivity index (χ3v) is 3.24. The van der Waals surface area contributed by atoms with Crippen molar-refractivity contribution in [2.24, 2.45) is 5.14 Å². The maximum absolute atomic E-state index is 11.4. The van der Waals surface area contributed by atoms with Crippen molar-refractivity contribution in [2.45, 2.75) is 4.90 Å². The van der Waals surface area contributed by atoms with E-state index < -0.39 is 10.0 Å². The Balaban J connectivity index is 3.04. The van der Waals surface area contributed by atoms with E-state index in [-0.39, 0.29) is 4.90 Å². The van der Waals surface area contributed by atoms with E-state index >= 15 is 0 Å². The number of primary sulfonamides is 1. The van der Waals surface area contributed by atoms with Crippen LogP contribution in [0, 0.1) is 0 Å². The number of nitrogens with one attached hydrogen (secondary N) is 1. The number of sulfonamides is 1. The summed E-state index contributed by atoms with van der Waals surface area (Å²) in [5, 5.41) is 8.16. The molecule has 0 spiro atoms. The Hall–Kier alpha value is -1.11. The van der Waals surface area contributed by atoms with Gasteiger partial charge in [0.2, 0.25) is 10.0 Å². The predicted molar refractivity (Wildman–Crippen MR) is 65.0 cm³/mol. The van der Waals surface area contributed by atoms with Crippen LogP contribution in [0.1, 0.15) is 0 Å². The Morgan fingerprint density at radius 2 is 2.00 bits per heavy atom. The van der Waals surface area contributed by atoms with Crippen molar-refractivity contribution in [3.8, 4) is 0 Å². The van der Waals surface area contributed by atoms with Gasteiger partial charge in [0.15, 0.2) is 0 Å². The molecular formula is C10H17N3O2S. The first-order valence-electron chi connectivity index (χ1n) is 4.94. The molecule has 3 N–H and O–H groups in total. The van der Waals surface area contributed by atoms with Gasteiger partial charge in [-0.2, -0.15) is 0 Å². The summed E-state index contributed by atoms with van der Waals surface area (Å²) in [7, 11) is 0.0157. The molecule has 0 saturated carbocycles. The lowest BCUT2D eigenvalue weighted by Crippen LogP contribution is -2.29. The van der Waals surface area contributed by atoms with E-state index in [9.17, 15) is 8.42 Å².